The van der Waals surface area contributed by atoms with Crippen LogP contribution >= 0.6 is 0 Å². The van der Waals surface area contributed by atoms with Crippen LogP contribution in [-0.4, -0.2) is 0 Å². The molecule has 1 rings (SSSR count). The summed E-state index contributed by atoms with van der Waals surface area (Å²) >= 11 is 0. The van der Waals surface area contributed by atoms with Gasteiger partial charge >= 0.3 is 0 Å². The van der Waals surface area contributed by atoms with Crippen LogP contribution < -0.4 is 0 Å². The highest BCUT2D eigenvalue weighted by Crippen LogP contribution is 2.18. The van der Waals surface area contributed by atoms with Crippen LogP contribution in [0.25, 0.3) is 0 Å². The topological polar surface area (TPSA) is 0 Å². The molecule has 0 aromatic heterocycles. The summed E-state index contributed by atoms with van der Waals surface area (Å²) in [6, 6.07) is 0. The molecule has 0 unspecified atom stereocenters. The van der Waals surface area contributed by atoms with Crippen LogP contribution in [0.2, 0.25) is 0 Å². The summed E-state index contributed by atoms with van der Waals surface area (Å²) < 4.78 is 0. The molecule has 1 aliphatic carbocycles. The van der Waals surface area contributed by atoms with Crippen molar-refractivity contribution in [3.05, 3.63) is 23.3 Å². The third-order valence-corrected chi connectivity index (χ3v) is 1.82. The predicted molar refractivity (Wildman–Crippen MR) is 48.1 cm³/mol. The molecule has 10 heavy (non-hydrogen) atoms. The summed E-state index contributed by atoms with van der Waals surface area (Å²) in [4.78, 5) is 0. The lowest BCUT2D eigenvalue weighted by Crippen LogP contribution is -1.87. The quantitative estimate of drug-likeness (QED) is 0.518. The van der Waals surface area contributed by atoms with Crippen molar-refractivity contribution in [2.45, 2.75) is 40.5 Å². The Labute approximate surface area is 64.6 Å². The molecular formula is C10H18. The molecule has 0 atom stereocenters. The van der Waals surface area contributed by atoms with Gasteiger partial charge in [0.05, 0.1) is 0 Å². The van der Waals surface area contributed by atoms with Crippen molar-refractivity contribution in [1.82, 2.24) is 0 Å². The molecule has 0 aliphatic heterocycles. The molecule has 0 aromatic rings. The zero-order chi connectivity index (χ0) is 6.69. The third kappa shape index (κ3) is 2.38. The fraction of sp³-hybridized carbons (Fsp3) is 0.600. The molecule has 0 heterocycles. The second-order valence-electron chi connectivity index (χ2n) is 2.64. The number of hydrogen-bond donors (Lipinski definition) is 0. The van der Waals surface area contributed by atoms with Crippen molar-refractivity contribution in [2.24, 2.45) is 0 Å². The van der Waals surface area contributed by atoms with E-state index < -0.39 is 0 Å². The summed E-state index contributed by atoms with van der Waals surface area (Å²) in [7, 11) is 0. The zero-order valence-electron chi connectivity index (χ0n) is 6.28. The minimum Gasteiger partial charge on any atom is -0.0813 e. The monoisotopic (exact) mass is 138 g/mol. The van der Waals surface area contributed by atoms with E-state index in [0.717, 1.165) is 0 Å². The first-order valence-corrected chi connectivity index (χ1v) is 3.69. The summed E-state index contributed by atoms with van der Waals surface area (Å²) in [5.74, 6) is 0. The standard InChI is InChI=1S/C9H14.CH4/c1-3-9-6-4-5-8(2)7-9;/h5,7H,3-4,6H2,1-2H3;1H4. The van der Waals surface area contributed by atoms with E-state index in [-0.39, 0.29) is 7.43 Å². The van der Waals surface area contributed by atoms with Crippen molar-refractivity contribution >= 4 is 0 Å². The number of hydrogen-bond acceptors (Lipinski definition) is 0. The molecule has 0 radical (unpaired) electrons. The molecule has 0 nitrogen and oxygen atoms in total. The van der Waals surface area contributed by atoms with E-state index in [1.165, 1.54) is 24.8 Å². The van der Waals surface area contributed by atoms with E-state index in [9.17, 15) is 0 Å². The van der Waals surface area contributed by atoms with E-state index in [0.29, 0.717) is 0 Å². The van der Waals surface area contributed by atoms with Gasteiger partial charge in [-0.05, 0) is 26.2 Å². The van der Waals surface area contributed by atoms with E-state index in [2.05, 4.69) is 26.0 Å². The van der Waals surface area contributed by atoms with Crippen LogP contribution in [-0.2, 0) is 0 Å². The largest absolute Gasteiger partial charge is 0.0813 e. The lowest BCUT2D eigenvalue weighted by molar-refractivity contribution is 0.883. The first-order valence-electron chi connectivity index (χ1n) is 3.69. The molecule has 0 amide bonds. The Bertz CT molecular complexity index is 149. The first kappa shape index (κ1) is 9.48. The molecule has 0 spiro atoms. The van der Waals surface area contributed by atoms with Crippen LogP contribution in [0.15, 0.2) is 23.3 Å². The zero-order valence-corrected chi connectivity index (χ0v) is 6.28. The van der Waals surface area contributed by atoms with Crippen LogP contribution in [0.1, 0.15) is 40.5 Å². The van der Waals surface area contributed by atoms with Crippen molar-refractivity contribution < 1.29 is 0 Å². The van der Waals surface area contributed by atoms with Gasteiger partial charge in [0.1, 0.15) is 0 Å². The Morgan fingerprint density at radius 3 is 2.60 bits per heavy atom. The lowest BCUT2D eigenvalue weighted by Gasteiger charge is -2.08. The lowest BCUT2D eigenvalue weighted by atomic mass is 9.99. The first-order chi connectivity index (χ1) is 4.33. The van der Waals surface area contributed by atoms with Gasteiger partial charge in [-0.2, -0.15) is 0 Å². The van der Waals surface area contributed by atoms with Crippen molar-refractivity contribution in [3.8, 4) is 0 Å². The summed E-state index contributed by atoms with van der Waals surface area (Å²) in [5.41, 5.74) is 3.05. The van der Waals surface area contributed by atoms with Gasteiger partial charge in [-0.3, -0.25) is 0 Å². The molecule has 0 saturated heterocycles. The van der Waals surface area contributed by atoms with Gasteiger partial charge in [-0.25, -0.2) is 0 Å². The summed E-state index contributed by atoms with van der Waals surface area (Å²) in [6.07, 6.45) is 8.38. The Morgan fingerprint density at radius 1 is 1.50 bits per heavy atom. The number of rotatable bonds is 1. The SMILES string of the molecule is C.CCC1=CC(C)=CCC1. The Balaban J connectivity index is 0.000000810. The van der Waals surface area contributed by atoms with E-state index in [4.69, 9.17) is 0 Å². The van der Waals surface area contributed by atoms with Crippen LogP contribution in [0.5, 0.6) is 0 Å². The van der Waals surface area contributed by atoms with E-state index in [1.54, 1.807) is 5.57 Å². The van der Waals surface area contributed by atoms with Gasteiger partial charge < -0.3 is 0 Å². The average Bonchev–Trinajstić information content (AvgIpc) is 1.88. The van der Waals surface area contributed by atoms with E-state index >= 15 is 0 Å². The van der Waals surface area contributed by atoms with Crippen molar-refractivity contribution in [3.63, 3.8) is 0 Å². The summed E-state index contributed by atoms with van der Waals surface area (Å²) in [5, 5.41) is 0. The molecular weight excluding hydrogens is 120 g/mol. The Hall–Kier alpha value is -0.520. The van der Waals surface area contributed by atoms with Crippen LogP contribution in [0.3, 0.4) is 0 Å². The normalized spacial score (nSPS) is 17.0. The minimum atomic E-state index is 0. The van der Waals surface area contributed by atoms with Gasteiger partial charge in [0.25, 0.3) is 0 Å². The smallest absolute Gasteiger partial charge is 0.0282 e. The molecule has 0 heteroatoms. The van der Waals surface area contributed by atoms with Crippen molar-refractivity contribution in [2.75, 3.05) is 0 Å². The Kier molecular flexibility index (Phi) is 4.10. The fourth-order valence-electron chi connectivity index (χ4n) is 1.22. The van der Waals surface area contributed by atoms with Crippen LogP contribution in [0, 0.1) is 0 Å². The highest BCUT2D eigenvalue weighted by atomic mass is 14.0. The van der Waals surface area contributed by atoms with E-state index in [1.807, 2.05) is 0 Å². The molecule has 1 aliphatic rings. The fourth-order valence-corrected chi connectivity index (χ4v) is 1.22. The highest BCUT2D eigenvalue weighted by Gasteiger charge is 1.98. The summed E-state index contributed by atoms with van der Waals surface area (Å²) in [6.45, 7) is 4.40. The average molecular weight is 138 g/mol. The molecule has 0 N–H and O–H groups in total. The van der Waals surface area contributed by atoms with Gasteiger partial charge in [0.2, 0.25) is 0 Å². The van der Waals surface area contributed by atoms with Crippen molar-refractivity contribution in [1.29, 1.82) is 0 Å². The molecule has 0 bridgehead atoms. The Morgan fingerprint density at radius 2 is 2.20 bits per heavy atom. The molecule has 0 fully saturated rings. The maximum Gasteiger partial charge on any atom is -0.0282 e. The van der Waals surface area contributed by atoms with Gasteiger partial charge in [0.15, 0.2) is 0 Å². The molecule has 58 valence electrons. The highest BCUT2D eigenvalue weighted by molar-refractivity contribution is 5.25. The number of allylic oxidation sites excluding steroid dienone is 4. The second kappa shape index (κ2) is 4.32. The maximum atomic E-state index is 2.31. The third-order valence-electron chi connectivity index (χ3n) is 1.82. The maximum absolute atomic E-state index is 2.31. The van der Waals surface area contributed by atoms with Crippen LogP contribution in [0.4, 0.5) is 0 Å². The molecule has 0 saturated carbocycles. The van der Waals surface area contributed by atoms with Gasteiger partial charge in [-0.1, -0.05) is 37.6 Å². The minimum absolute atomic E-state index is 0. The predicted octanol–water partition coefficient (Wildman–Crippen LogP) is 3.70. The van der Waals surface area contributed by atoms with Gasteiger partial charge in [0, 0.05) is 0 Å². The van der Waals surface area contributed by atoms with Gasteiger partial charge in [-0.15, -0.1) is 0 Å². The molecule has 0 aromatic carbocycles. The second-order valence-corrected chi connectivity index (χ2v) is 2.64.